The van der Waals surface area contributed by atoms with Gasteiger partial charge in [-0.3, -0.25) is 19.6 Å². The number of pyridine rings is 1. The first kappa shape index (κ1) is 27.1. The summed E-state index contributed by atoms with van der Waals surface area (Å²) in [5.41, 5.74) is 14.3. The van der Waals surface area contributed by atoms with Crippen molar-refractivity contribution in [3.8, 4) is 5.75 Å². The predicted molar refractivity (Wildman–Crippen MR) is 149 cm³/mol. The fraction of sp³-hybridized carbons (Fsp3) is 0.370. The molecule has 6 N–H and O–H groups in total. The van der Waals surface area contributed by atoms with E-state index in [1.54, 1.807) is 40.4 Å². The normalized spacial score (nSPS) is 17.8. The Morgan fingerprint density at radius 1 is 1.32 bits per heavy atom. The second-order valence-electron chi connectivity index (χ2n) is 9.85. The quantitative estimate of drug-likeness (QED) is 0.224. The first-order valence-corrected chi connectivity index (χ1v) is 13.1. The number of hydrogen-bond donors (Lipinski definition) is 5. The van der Waals surface area contributed by atoms with E-state index in [1.165, 1.54) is 13.3 Å². The highest BCUT2D eigenvalue weighted by Crippen LogP contribution is 2.29. The van der Waals surface area contributed by atoms with Crippen molar-refractivity contribution in [2.75, 3.05) is 25.6 Å². The summed E-state index contributed by atoms with van der Waals surface area (Å²) >= 11 is 0. The highest BCUT2D eigenvalue weighted by Gasteiger charge is 2.28. The third-order valence-electron chi connectivity index (χ3n) is 6.95. The number of amides is 2. The first-order valence-electron chi connectivity index (χ1n) is 13.1. The fourth-order valence-corrected chi connectivity index (χ4v) is 4.50. The van der Waals surface area contributed by atoms with Gasteiger partial charge in [-0.15, -0.1) is 10.6 Å². The molecule has 3 aliphatic rings. The van der Waals surface area contributed by atoms with Crippen LogP contribution in [0.5, 0.6) is 5.75 Å². The van der Waals surface area contributed by atoms with Crippen LogP contribution in [0.3, 0.4) is 0 Å². The van der Waals surface area contributed by atoms with Gasteiger partial charge in [-0.2, -0.15) is 0 Å². The Labute approximate surface area is 231 Å². The lowest BCUT2D eigenvalue weighted by molar-refractivity contribution is -0.127. The fourth-order valence-electron chi connectivity index (χ4n) is 4.50. The number of aliphatic hydroxyl groups excluding tert-OH is 1. The van der Waals surface area contributed by atoms with E-state index in [4.69, 9.17) is 10.5 Å². The molecule has 1 aromatic carbocycles. The lowest BCUT2D eigenvalue weighted by Gasteiger charge is -2.30. The van der Waals surface area contributed by atoms with Gasteiger partial charge in [0.25, 0.3) is 11.8 Å². The molecule has 210 valence electrons. The van der Waals surface area contributed by atoms with Crippen LogP contribution >= 0.6 is 0 Å². The molecule has 13 nitrogen and oxygen atoms in total. The van der Waals surface area contributed by atoms with Crippen LogP contribution in [0.25, 0.3) is 0 Å². The minimum absolute atomic E-state index is 0.0941. The van der Waals surface area contributed by atoms with Gasteiger partial charge in [0, 0.05) is 25.5 Å². The molecule has 3 heterocycles. The maximum absolute atomic E-state index is 13.4. The van der Waals surface area contributed by atoms with E-state index in [9.17, 15) is 14.7 Å². The number of rotatable bonds is 9. The Morgan fingerprint density at radius 2 is 2.15 bits per heavy atom. The Balaban J connectivity index is 1.33. The summed E-state index contributed by atoms with van der Waals surface area (Å²) in [5, 5.41) is 18.2. The van der Waals surface area contributed by atoms with Gasteiger partial charge in [-0.1, -0.05) is 6.07 Å². The van der Waals surface area contributed by atoms with Crippen molar-refractivity contribution >= 4 is 29.7 Å². The van der Waals surface area contributed by atoms with Crippen LogP contribution in [0.1, 0.15) is 46.9 Å². The molecule has 2 aliphatic heterocycles. The largest absolute Gasteiger partial charge is 0.496 e. The van der Waals surface area contributed by atoms with Crippen LogP contribution in [-0.2, 0) is 17.8 Å². The molecular weight excluding hydrogens is 514 g/mol. The number of benzene rings is 1. The molecule has 0 bridgehead atoms. The molecule has 1 aliphatic carbocycles. The number of hydrazine groups is 2. The van der Waals surface area contributed by atoms with Crippen LogP contribution < -0.4 is 26.9 Å². The summed E-state index contributed by atoms with van der Waals surface area (Å²) < 4.78 is 5.55. The Kier molecular flexibility index (Phi) is 7.94. The number of anilines is 1. The molecule has 0 spiro atoms. The molecule has 1 saturated carbocycles. The molecule has 0 radical (unpaired) electrons. The first-order chi connectivity index (χ1) is 19.4. The monoisotopic (exact) mass is 547 g/mol. The Hall–Kier alpha value is -4.49. The Morgan fingerprint density at radius 3 is 2.88 bits per heavy atom. The summed E-state index contributed by atoms with van der Waals surface area (Å²) in [4.78, 5) is 37.2. The summed E-state index contributed by atoms with van der Waals surface area (Å²) in [6.45, 7) is 2.58. The number of methoxy groups -OCH3 is 1. The molecule has 1 fully saturated rings. The summed E-state index contributed by atoms with van der Waals surface area (Å²) in [5.74, 6) is 0.628. The number of nitrogens with zero attached hydrogens (tertiary/aromatic N) is 5. The van der Waals surface area contributed by atoms with E-state index in [0.29, 0.717) is 53.7 Å². The molecule has 5 rings (SSSR count). The number of ether oxygens (including phenoxy) is 1. The van der Waals surface area contributed by atoms with Crippen molar-refractivity contribution < 1.29 is 19.4 Å². The van der Waals surface area contributed by atoms with Crippen molar-refractivity contribution in [2.24, 2.45) is 15.8 Å². The second-order valence-corrected chi connectivity index (χ2v) is 9.85. The predicted octanol–water partition coefficient (Wildman–Crippen LogP) is 0.670. The third kappa shape index (κ3) is 5.75. The standard InChI is InChI=1S/C27H33N9O4/c1-16(15-37)36-25(32-33-34-36)22-4-3-5-24(30-22)31-26(38)21-10-18-14-35(9-8-17(18)11-23(21)40-2)27(39)19(12-28)13-29-20-6-7-20/h3-5,10-13,16,20,33-34,37H,6-9,14-15,28H2,1-2H3,(H,30,31,38)/b19-12+,29-13?. The number of carbonyl (C=O) groups excluding carboxylic acids is 2. The lowest BCUT2D eigenvalue weighted by atomic mass is 9.95. The SMILES string of the molecule is COc1cc2c(cc1C(=O)Nc1cccc(C3=NNNN3C(C)CO)n1)CN(C(=O)/C(C=NC1CC1)=C/N)CC2. The number of aromatic nitrogens is 1. The number of amidine groups is 1. The maximum atomic E-state index is 13.4. The van der Waals surface area contributed by atoms with Gasteiger partial charge in [-0.25, -0.2) is 10.5 Å². The smallest absolute Gasteiger partial charge is 0.260 e. The van der Waals surface area contributed by atoms with Crippen molar-refractivity contribution in [3.63, 3.8) is 0 Å². The molecule has 1 atom stereocenters. The van der Waals surface area contributed by atoms with Gasteiger partial charge < -0.3 is 25.8 Å². The van der Waals surface area contributed by atoms with E-state index in [1.807, 2.05) is 13.0 Å². The van der Waals surface area contributed by atoms with Crippen LogP contribution in [0, 0.1) is 0 Å². The minimum atomic E-state index is -0.406. The van der Waals surface area contributed by atoms with E-state index in [0.717, 1.165) is 24.0 Å². The van der Waals surface area contributed by atoms with Gasteiger partial charge in [0.1, 0.15) is 17.3 Å². The minimum Gasteiger partial charge on any atom is -0.496 e. The molecule has 2 aromatic rings. The highest BCUT2D eigenvalue weighted by atomic mass is 16.5. The maximum Gasteiger partial charge on any atom is 0.260 e. The number of aliphatic hydroxyl groups is 1. The molecule has 13 heteroatoms. The third-order valence-corrected chi connectivity index (χ3v) is 6.95. The van der Waals surface area contributed by atoms with Crippen molar-refractivity contribution in [1.29, 1.82) is 0 Å². The van der Waals surface area contributed by atoms with Crippen molar-refractivity contribution in [3.05, 3.63) is 64.5 Å². The number of nitrogens with one attached hydrogen (secondary N) is 3. The highest BCUT2D eigenvalue weighted by molar-refractivity contribution is 6.12. The van der Waals surface area contributed by atoms with Gasteiger partial charge in [0.05, 0.1) is 36.9 Å². The topological polar surface area (TPSA) is 170 Å². The zero-order chi connectivity index (χ0) is 28.2. The number of hydrazone groups is 1. The summed E-state index contributed by atoms with van der Waals surface area (Å²) in [7, 11) is 1.52. The molecule has 40 heavy (non-hydrogen) atoms. The van der Waals surface area contributed by atoms with Crippen LogP contribution in [0.2, 0.25) is 0 Å². The van der Waals surface area contributed by atoms with Crippen LogP contribution in [0.4, 0.5) is 5.82 Å². The number of hydrogen-bond acceptors (Lipinski definition) is 11. The summed E-state index contributed by atoms with van der Waals surface area (Å²) in [6, 6.07) is 8.82. The average Bonchev–Trinajstić information content (AvgIpc) is 3.68. The molecular formula is C27H33N9O4. The van der Waals surface area contributed by atoms with Crippen LogP contribution in [-0.4, -0.2) is 76.2 Å². The molecule has 1 aromatic heterocycles. The van der Waals surface area contributed by atoms with E-state index in [2.05, 4.69) is 31.5 Å². The van der Waals surface area contributed by atoms with Gasteiger partial charge in [0.2, 0.25) is 0 Å². The average molecular weight is 548 g/mol. The van der Waals surface area contributed by atoms with Gasteiger partial charge in [-0.05, 0) is 61.6 Å². The van der Waals surface area contributed by atoms with E-state index >= 15 is 0 Å². The summed E-state index contributed by atoms with van der Waals surface area (Å²) in [6.07, 6.45) is 5.56. The van der Waals surface area contributed by atoms with Crippen molar-refractivity contribution in [1.82, 2.24) is 26.0 Å². The second kappa shape index (κ2) is 11.7. The van der Waals surface area contributed by atoms with Crippen molar-refractivity contribution in [2.45, 2.75) is 44.8 Å². The van der Waals surface area contributed by atoms with Gasteiger partial charge >= 0.3 is 0 Å². The Bertz CT molecular complexity index is 1390. The molecule has 1 unspecified atom stereocenters. The van der Waals surface area contributed by atoms with Crippen LogP contribution in [0.15, 0.2) is 52.2 Å². The zero-order valence-corrected chi connectivity index (χ0v) is 22.4. The van der Waals surface area contributed by atoms with E-state index in [-0.39, 0.29) is 24.6 Å². The number of aliphatic imine (C=N–C) groups is 1. The molecule has 0 saturated heterocycles. The number of fused-ring (bicyclic) bond motifs is 1. The number of nitrogens with two attached hydrogens (primary N) is 1. The number of carbonyl (C=O) groups is 2. The van der Waals surface area contributed by atoms with Gasteiger partial charge in [0.15, 0.2) is 5.84 Å². The zero-order valence-electron chi connectivity index (χ0n) is 22.4. The lowest BCUT2D eigenvalue weighted by Crippen LogP contribution is -2.48. The van der Waals surface area contributed by atoms with E-state index < -0.39 is 5.91 Å². The molecule has 2 amide bonds.